The van der Waals surface area contributed by atoms with E-state index in [1.807, 2.05) is 0 Å². The van der Waals surface area contributed by atoms with Crippen LogP contribution >= 0.6 is 0 Å². The van der Waals surface area contributed by atoms with Crippen molar-refractivity contribution in [1.82, 2.24) is 0 Å². The maximum Gasteiger partial charge on any atom is 0.573 e. The van der Waals surface area contributed by atoms with Gasteiger partial charge >= 0.3 is 6.36 Å². The number of hydrogen-bond donors (Lipinski definition) is 0. The van der Waals surface area contributed by atoms with E-state index in [0.29, 0.717) is 17.1 Å². The predicted molar refractivity (Wildman–Crippen MR) is 78.9 cm³/mol. The smallest absolute Gasteiger partial charge is 0.497 e. The maximum atomic E-state index is 12.2. The fourth-order valence-corrected chi connectivity index (χ4v) is 2.04. The molecular formula is C16H14F3NO3. The summed E-state index contributed by atoms with van der Waals surface area (Å²) >= 11 is 0. The summed E-state index contributed by atoms with van der Waals surface area (Å²) in [5.74, 6) is 0.00492. The van der Waals surface area contributed by atoms with Crippen LogP contribution in [0.2, 0.25) is 0 Å². The van der Waals surface area contributed by atoms with Crippen molar-refractivity contribution in [3.8, 4) is 11.5 Å². The first-order valence-corrected chi connectivity index (χ1v) is 6.61. The third-order valence-corrected chi connectivity index (χ3v) is 2.97. The molecule has 2 aromatic rings. The summed E-state index contributed by atoms with van der Waals surface area (Å²) < 4.78 is 45.4. The predicted octanol–water partition coefficient (Wildman–Crippen LogP) is 4.28. The first-order chi connectivity index (χ1) is 10.8. The second-order valence-electron chi connectivity index (χ2n) is 4.59. The second-order valence-corrected chi connectivity index (χ2v) is 4.59. The molecular weight excluding hydrogens is 311 g/mol. The third kappa shape index (κ3) is 4.38. The monoisotopic (exact) mass is 325 g/mol. The van der Waals surface area contributed by atoms with Gasteiger partial charge in [0.05, 0.1) is 7.11 Å². The van der Waals surface area contributed by atoms with Gasteiger partial charge in [-0.2, -0.15) is 0 Å². The Morgan fingerprint density at radius 2 is 1.35 bits per heavy atom. The van der Waals surface area contributed by atoms with Gasteiger partial charge in [-0.3, -0.25) is 9.69 Å². The molecule has 0 radical (unpaired) electrons. The number of anilines is 2. The van der Waals surface area contributed by atoms with Gasteiger partial charge in [0.15, 0.2) is 0 Å². The molecule has 0 atom stereocenters. The van der Waals surface area contributed by atoms with Gasteiger partial charge in [-0.15, -0.1) is 13.2 Å². The molecule has 0 aromatic heterocycles. The van der Waals surface area contributed by atoms with Crippen LogP contribution < -0.4 is 14.4 Å². The van der Waals surface area contributed by atoms with Gasteiger partial charge in [-0.25, -0.2) is 0 Å². The Kier molecular flexibility index (Phi) is 4.78. The zero-order valence-corrected chi connectivity index (χ0v) is 12.4. The lowest BCUT2D eigenvalue weighted by molar-refractivity contribution is -0.274. The van der Waals surface area contributed by atoms with Gasteiger partial charge in [0, 0.05) is 18.3 Å². The highest BCUT2D eigenvalue weighted by Gasteiger charge is 2.31. The van der Waals surface area contributed by atoms with Crippen LogP contribution in [0.4, 0.5) is 24.5 Å². The topological polar surface area (TPSA) is 38.8 Å². The van der Waals surface area contributed by atoms with E-state index in [1.54, 1.807) is 24.3 Å². The van der Waals surface area contributed by atoms with Crippen molar-refractivity contribution >= 4 is 17.3 Å². The zero-order valence-electron chi connectivity index (χ0n) is 12.4. The normalized spacial score (nSPS) is 11.0. The van der Waals surface area contributed by atoms with Gasteiger partial charge in [0.2, 0.25) is 5.91 Å². The number of nitrogens with zero attached hydrogens (tertiary/aromatic N) is 1. The Hall–Kier alpha value is -2.70. The summed E-state index contributed by atoms with van der Waals surface area (Å²) in [6.07, 6.45) is -4.75. The third-order valence-electron chi connectivity index (χ3n) is 2.97. The fourth-order valence-electron chi connectivity index (χ4n) is 2.04. The van der Waals surface area contributed by atoms with Gasteiger partial charge < -0.3 is 9.47 Å². The molecule has 7 heteroatoms. The van der Waals surface area contributed by atoms with Crippen molar-refractivity contribution in [1.29, 1.82) is 0 Å². The molecule has 0 aliphatic rings. The summed E-state index contributed by atoms with van der Waals surface area (Å²) in [5, 5.41) is 0. The molecule has 0 saturated carbocycles. The lowest BCUT2D eigenvalue weighted by Gasteiger charge is -2.22. The van der Waals surface area contributed by atoms with Crippen molar-refractivity contribution in [2.24, 2.45) is 0 Å². The Morgan fingerprint density at radius 1 is 0.913 bits per heavy atom. The van der Waals surface area contributed by atoms with E-state index in [2.05, 4.69) is 4.74 Å². The molecule has 0 bridgehead atoms. The Bertz CT molecular complexity index is 666. The fraction of sp³-hybridized carbons (Fsp3) is 0.188. The van der Waals surface area contributed by atoms with E-state index in [9.17, 15) is 18.0 Å². The molecule has 0 spiro atoms. The van der Waals surface area contributed by atoms with E-state index in [0.717, 1.165) is 12.1 Å². The average Bonchev–Trinajstić information content (AvgIpc) is 2.48. The quantitative estimate of drug-likeness (QED) is 0.842. The van der Waals surface area contributed by atoms with Crippen LogP contribution in [0.5, 0.6) is 11.5 Å². The number of methoxy groups -OCH3 is 1. The van der Waals surface area contributed by atoms with Crippen molar-refractivity contribution in [2.45, 2.75) is 13.3 Å². The molecule has 23 heavy (non-hydrogen) atoms. The SMILES string of the molecule is COc1ccc(N(C(C)=O)c2ccc(OC(F)(F)F)cc2)cc1. The first-order valence-electron chi connectivity index (χ1n) is 6.61. The number of ether oxygens (including phenoxy) is 2. The highest BCUT2D eigenvalue weighted by atomic mass is 19.4. The molecule has 0 N–H and O–H groups in total. The standard InChI is InChI=1S/C16H14F3NO3/c1-11(21)20(12-3-7-14(22-2)8-4-12)13-5-9-15(10-6-13)23-16(17,18)19/h3-10H,1-2H3. The molecule has 1 amide bonds. The van der Waals surface area contributed by atoms with Crippen molar-refractivity contribution in [2.75, 3.05) is 12.0 Å². The van der Waals surface area contributed by atoms with Crippen molar-refractivity contribution in [3.63, 3.8) is 0 Å². The zero-order chi connectivity index (χ0) is 17.0. The van der Waals surface area contributed by atoms with E-state index < -0.39 is 6.36 Å². The molecule has 0 aliphatic carbocycles. The summed E-state index contributed by atoms with van der Waals surface area (Å²) in [6.45, 7) is 1.37. The van der Waals surface area contributed by atoms with E-state index in [-0.39, 0.29) is 11.7 Å². The number of carbonyl (C=O) groups excluding carboxylic acids is 1. The summed E-state index contributed by atoms with van der Waals surface area (Å²) in [6, 6.07) is 11.8. The highest BCUT2D eigenvalue weighted by molar-refractivity contribution is 5.99. The number of hydrogen-bond acceptors (Lipinski definition) is 3. The molecule has 0 aliphatic heterocycles. The molecule has 0 heterocycles. The van der Waals surface area contributed by atoms with Crippen LogP contribution in [0.25, 0.3) is 0 Å². The molecule has 2 rings (SSSR count). The Balaban J connectivity index is 2.28. The summed E-state index contributed by atoms with van der Waals surface area (Å²) in [5.41, 5.74) is 1.000. The largest absolute Gasteiger partial charge is 0.573 e. The van der Waals surface area contributed by atoms with Gasteiger partial charge in [0.25, 0.3) is 0 Å². The van der Waals surface area contributed by atoms with Crippen LogP contribution in [0.1, 0.15) is 6.92 Å². The maximum absolute atomic E-state index is 12.2. The number of carbonyl (C=O) groups is 1. The van der Waals surface area contributed by atoms with Gasteiger partial charge in [-0.1, -0.05) is 0 Å². The second kappa shape index (κ2) is 6.60. The number of rotatable bonds is 4. The average molecular weight is 325 g/mol. The molecule has 2 aromatic carbocycles. The van der Waals surface area contributed by atoms with Crippen LogP contribution in [-0.4, -0.2) is 19.4 Å². The number of amides is 1. The molecule has 122 valence electrons. The first kappa shape index (κ1) is 16.7. The highest BCUT2D eigenvalue weighted by Crippen LogP contribution is 2.30. The van der Waals surface area contributed by atoms with Crippen LogP contribution in [0.15, 0.2) is 48.5 Å². The van der Waals surface area contributed by atoms with Gasteiger partial charge in [-0.05, 0) is 48.5 Å². The minimum Gasteiger partial charge on any atom is -0.497 e. The number of alkyl halides is 3. The van der Waals surface area contributed by atoms with Crippen LogP contribution in [0, 0.1) is 0 Å². The minimum absolute atomic E-state index is 0.278. The molecule has 0 fully saturated rings. The van der Waals surface area contributed by atoms with Crippen LogP contribution in [-0.2, 0) is 4.79 Å². The van der Waals surface area contributed by atoms with Crippen molar-refractivity contribution in [3.05, 3.63) is 48.5 Å². The Labute approximate surface area is 131 Å². The Morgan fingerprint density at radius 3 is 1.70 bits per heavy atom. The van der Waals surface area contributed by atoms with E-state index in [4.69, 9.17) is 4.74 Å². The molecule has 4 nitrogen and oxygen atoms in total. The van der Waals surface area contributed by atoms with Gasteiger partial charge in [0.1, 0.15) is 11.5 Å². The van der Waals surface area contributed by atoms with Crippen molar-refractivity contribution < 1.29 is 27.4 Å². The lowest BCUT2D eigenvalue weighted by Crippen LogP contribution is -2.22. The number of halogens is 3. The van der Waals surface area contributed by atoms with Crippen LogP contribution in [0.3, 0.4) is 0 Å². The summed E-state index contributed by atoms with van der Waals surface area (Å²) in [4.78, 5) is 13.3. The number of benzene rings is 2. The molecule has 0 unspecified atom stereocenters. The minimum atomic E-state index is -4.75. The molecule has 0 saturated heterocycles. The lowest BCUT2D eigenvalue weighted by atomic mass is 10.2. The van der Waals surface area contributed by atoms with E-state index in [1.165, 1.54) is 31.1 Å². The van der Waals surface area contributed by atoms with E-state index >= 15 is 0 Å². The summed E-state index contributed by atoms with van der Waals surface area (Å²) in [7, 11) is 1.52.